The van der Waals surface area contributed by atoms with Crippen molar-refractivity contribution in [1.82, 2.24) is 25.5 Å². The van der Waals surface area contributed by atoms with Crippen LogP contribution in [-0.2, 0) is 4.79 Å². The molecule has 0 spiro atoms. The Morgan fingerprint density at radius 3 is 2.90 bits per heavy atom. The predicted octanol–water partition coefficient (Wildman–Crippen LogP) is 1.85. The average molecular weight is 292 g/mol. The van der Waals surface area contributed by atoms with Crippen molar-refractivity contribution in [3.63, 3.8) is 0 Å². The average Bonchev–Trinajstić information content (AvgIpc) is 2.89. The summed E-state index contributed by atoms with van der Waals surface area (Å²) in [6.07, 6.45) is 4.62. The minimum Gasteiger partial charge on any atom is -0.350 e. The lowest BCUT2D eigenvalue weighted by molar-refractivity contribution is -0.116. The van der Waals surface area contributed by atoms with Crippen LogP contribution in [0.25, 0.3) is 11.8 Å². The largest absolute Gasteiger partial charge is 0.350 e. The second kappa shape index (κ2) is 6.29. The van der Waals surface area contributed by atoms with E-state index in [9.17, 15) is 4.79 Å². The highest BCUT2D eigenvalue weighted by atomic mass is 35.5. The summed E-state index contributed by atoms with van der Waals surface area (Å²) in [5.74, 6) is -0.164. The van der Waals surface area contributed by atoms with Crippen LogP contribution in [0.2, 0.25) is 5.02 Å². The fourth-order valence-electron chi connectivity index (χ4n) is 1.64. The van der Waals surface area contributed by atoms with Crippen LogP contribution in [0.5, 0.6) is 0 Å². The van der Waals surface area contributed by atoms with Gasteiger partial charge in [0, 0.05) is 22.7 Å². The van der Waals surface area contributed by atoms with Crippen molar-refractivity contribution in [3.05, 3.63) is 41.2 Å². The molecule has 0 saturated heterocycles. The Bertz CT molecular complexity index is 622. The van der Waals surface area contributed by atoms with Gasteiger partial charge in [0.05, 0.1) is 5.69 Å². The molecule has 0 fully saturated rings. The Labute approximate surface area is 121 Å². The number of carbonyl (C=O) groups is 1. The standard InChI is InChI=1S/C13H14ClN5O/c1-9(2)16-13(20)6-3-10-7-11(14)4-5-12(10)19-8-15-17-18-19/h3-9H,1-2H3,(H,16,20)/b6-3+. The summed E-state index contributed by atoms with van der Waals surface area (Å²) in [6, 6.07) is 5.37. The number of amides is 1. The second-order valence-electron chi connectivity index (χ2n) is 4.45. The molecule has 1 aromatic heterocycles. The van der Waals surface area contributed by atoms with Crippen molar-refractivity contribution < 1.29 is 4.79 Å². The van der Waals surface area contributed by atoms with Crippen LogP contribution in [0.15, 0.2) is 30.6 Å². The Kier molecular flexibility index (Phi) is 4.47. The van der Waals surface area contributed by atoms with Crippen LogP contribution in [0, 0.1) is 0 Å². The predicted molar refractivity (Wildman–Crippen MR) is 76.5 cm³/mol. The lowest BCUT2D eigenvalue weighted by atomic mass is 10.1. The third-order valence-corrected chi connectivity index (χ3v) is 2.67. The van der Waals surface area contributed by atoms with E-state index < -0.39 is 0 Å². The van der Waals surface area contributed by atoms with Gasteiger partial charge in [0.2, 0.25) is 5.91 Å². The molecule has 2 aromatic rings. The first-order valence-electron chi connectivity index (χ1n) is 6.08. The van der Waals surface area contributed by atoms with E-state index in [4.69, 9.17) is 11.6 Å². The van der Waals surface area contributed by atoms with Gasteiger partial charge in [0.1, 0.15) is 6.33 Å². The highest BCUT2D eigenvalue weighted by molar-refractivity contribution is 6.30. The number of carbonyl (C=O) groups excluding carboxylic acids is 1. The van der Waals surface area contributed by atoms with Crippen molar-refractivity contribution in [1.29, 1.82) is 0 Å². The molecule has 104 valence electrons. The SMILES string of the molecule is CC(C)NC(=O)/C=C/c1cc(Cl)ccc1-n1cnnn1. The molecule has 7 heteroatoms. The molecular formula is C13H14ClN5O. The third kappa shape index (κ3) is 3.64. The molecule has 1 heterocycles. The van der Waals surface area contributed by atoms with Gasteiger partial charge >= 0.3 is 0 Å². The smallest absolute Gasteiger partial charge is 0.244 e. The van der Waals surface area contributed by atoms with E-state index in [0.29, 0.717) is 5.02 Å². The molecule has 1 aromatic carbocycles. The number of aromatic nitrogens is 4. The molecular weight excluding hydrogens is 278 g/mol. The topological polar surface area (TPSA) is 72.7 Å². The number of nitrogens with one attached hydrogen (secondary N) is 1. The van der Waals surface area contributed by atoms with Crippen molar-refractivity contribution in [2.45, 2.75) is 19.9 Å². The highest BCUT2D eigenvalue weighted by Gasteiger charge is 2.05. The van der Waals surface area contributed by atoms with Gasteiger partial charge in [-0.05, 0) is 48.5 Å². The van der Waals surface area contributed by atoms with Gasteiger partial charge in [0.25, 0.3) is 0 Å². The van der Waals surface area contributed by atoms with E-state index in [1.807, 2.05) is 13.8 Å². The number of rotatable bonds is 4. The van der Waals surface area contributed by atoms with Gasteiger partial charge in [-0.15, -0.1) is 5.10 Å². The summed E-state index contributed by atoms with van der Waals surface area (Å²) in [7, 11) is 0. The van der Waals surface area contributed by atoms with Gasteiger partial charge in [-0.25, -0.2) is 0 Å². The first kappa shape index (κ1) is 14.2. The van der Waals surface area contributed by atoms with Crippen LogP contribution in [-0.4, -0.2) is 32.2 Å². The van der Waals surface area contributed by atoms with Gasteiger partial charge in [0.15, 0.2) is 0 Å². The summed E-state index contributed by atoms with van der Waals surface area (Å²) < 4.78 is 1.51. The van der Waals surface area contributed by atoms with Gasteiger partial charge < -0.3 is 5.32 Å². The summed E-state index contributed by atoms with van der Waals surface area (Å²) >= 11 is 5.98. The molecule has 1 N–H and O–H groups in total. The number of nitrogens with zero attached hydrogens (tertiary/aromatic N) is 4. The Morgan fingerprint density at radius 1 is 1.45 bits per heavy atom. The van der Waals surface area contributed by atoms with Crippen LogP contribution < -0.4 is 5.32 Å². The molecule has 0 radical (unpaired) electrons. The van der Waals surface area contributed by atoms with E-state index >= 15 is 0 Å². The Hall–Kier alpha value is -2.21. The number of benzene rings is 1. The molecule has 0 aliphatic carbocycles. The van der Waals surface area contributed by atoms with E-state index in [1.54, 1.807) is 24.3 Å². The van der Waals surface area contributed by atoms with E-state index in [2.05, 4.69) is 20.8 Å². The fraction of sp³-hybridized carbons (Fsp3) is 0.231. The maximum absolute atomic E-state index is 11.6. The minimum absolute atomic E-state index is 0.0884. The van der Waals surface area contributed by atoms with E-state index in [-0.39, 0.29) is 11.9 Å². The first-order valence-corrected chi connectivity index (χ1v) is 6.45. The zero-order valence-electron chi connectivity index (χ0n) is 11.1. The molecule has 1 amide bonds. The fourth-order valence-corrected chi connectivity index (χ4v) is 1.82. The van der Waals surface area contributed by atoms with Crippen molar-refractivity contribution in [2.75, 3.05) is 0 Å². The van der Waals surface area contributed by atoms with Crippen LogP contribution in [0.4, 0.5) is 0 Å². The lowest BCUT2D eigenvalue weighted by Crippen LogP contribution is -2.28. The van der Waals surface area contributed by atoms with Gasteiger partial charge in [-0.1, -0.05) is 11.6 Å². The number of hydrogen-bond donors (Lipinski definition) is 1. The molecule has 0 aliphatic heterocycles. The van der Waals surface area contributed by atoms with Gasteiger partial charge in [-0.3, -0.25) is 4.79 Å². The van der Waals surface area contributed by atoms with Crippen LogP contribution in [0.3, 0.4) is 0 Å². The first-order chi connectivity index (χ1) is 9.56. The monoisotopic (exact) mass is 291 g/mol. The molecule has 0 unspecified atom stereocenters. The summed E-state index contributed by atoms with van der Waals surface area (Å²) in [5, 5.41) is 14.4. The normalized spacial score (nSPS) is 11.2. The summed E-state index contributed by atoms with van der Waals surface area (Å²) in [5.41, 5.74) is 1.50. The van der Waals surface area contributed by atoms with Crippen molar-refractivity contribution >= 4 is 23.6 Å². The van der Waals surface area contributed by atoms with Gasteiger partial charge in [-0.2, -0.15) is 4.68 Å². The molecule has 0 aliphatic rings. The lowest BCUT2D eigenvalue weighted by Gasteiger charge is -2.06. The Balaban J connectivity index is 2.29. The molecule has 2 rings (SSSR count). The molecule has 6 nitrogen and oxygen atoms in total. The minimum atomic E-state index is -0.164. The van der Waals surface area contributed by atoms with E-state index in [1.165, 1.54) is 17.1 Å². The summed E-state index contributed by atoms with van der Waals surface area (Å²) in [6.45, 7) is 3.80. The highest BCUT2D eigenvalue weighted by Crippen LogP contribution is 2.20. The maximum atomic E-state index is 11.6. The molecule has 0 saturated carbocycles. The molecule has 20 heavy (non-hydrogen) atoms. The van der Waals surface area contributed by atoms with Crippen LogP contribution >= 0.6 is 11.6 Å². The quantitative estimate of drug-likeness (QED) is 0.873. The molecule has 0 bridgehead atoms. The second-order valence-corrected chi connectivity index (χ2v) is 4.89. The number of halogens is 1. The molecule has 0 atom stereocenters. The zero-order chi connectivity index (χ0) is 14.5. The Morgan fingerprint density at radius 2 is 2.25 bits per heavy atom. The number of hydrogen-bond acceptors (Lipinski definition) is 4. The summed E-state index contributed by atoms with van der Waals surface area (Å²) in [4.78, 5) is 11.6. The van der Waals surface area contributed by atoms with E-state index in [0.717, 1.165) is 11.3 Å². The van der Waals surface area contributed by atoms with Crippen molar-refractivity contribution in [3.8, 4) is 5.69 Å². The van der Waals surface area contributed by atoms with Crippen LogP contribution in [0.1, 0.15) is 19.4 Å². The third-order valence-electron chi connectivity index (χ3n) is 2.43. The number of tetrazole rings is 1. The van der Waals surface area contributed by atoms with Crippen molar-refractivity contribution in [2.24, 2.45) is 0 Å². The maximum Gasteiger partial charge on any atom is 0.244 e. The zero-order valence-corrected chi connectivity index (χ0v) is 11.9.